The van der Waals surface area contributed by atoms with Gasteiger partial charge in [0, 0.05) is 50.9 Å². The van der Waals surface area contributed by atoms with Gasteiger partial charge in [0.15, 0.2) is 17.5 Å². The number of methoxy groups -OCH3 is 1. The van der Waals surface area contributed by atoms with Crippen LogP contribution in [0.2, 0.25) is 0 Å². The molecule has 0 aliphatic rings. The van der Waals surface area contributed by atoms with Gasteiger partial charge in [-0.1, -0.05) is 19.1 Å². The lowest BCUT2D eigenvalue weighted by molar-refractivity contribution is 0.385. The largest absolute Gasteiger partial charge is 0.494 e. The Bertz CT molecular complexity index is 979. The minimum Gasteiger partial charge on any atom is -0.494 e. The van der Waals surface area contributed by atoms with Gasteiger partial charge in [-0.2, -0.15) is 0 Å². The summed E-state index contributed by atoms with van der Waals surface area (Å²) >= 11 is 1.74. The molecule has 0 atom stereocenters. The summed E-state index contributed by atoms with van der Waals surface area (Å²) in [5.41, 5.74) is 0.848. The highest BCUT2D eigenvalue weighted by Gasteiger charge is 2.10. The zero-order valence-corrected chi connectivity index (χ0v) is 21.8. The molecule has 3 rings (SSSR count). The number of aryl methyl sites for hydroxylation is 1. The van der Waals surface area contributed by atoms with Crippen LogP contribution in [0.5, 0.6) is 5.75 Å². The van der Waals surface area contributed by atoms with Crippen LogP contribution in [0.25, 0.3) is 0 Å². The molecular formula is C22H30FIN6OS. The molecule has 2 heterocycles. The third-order valence-corrected chi connectivity index (χ3v) is 5.78. The SMILES string of the molecule is CCc1nncn1CCNC(=NCCc1cccs1)N(C)Cc1ccc(OC)c(F)c1.I. The van der Waals surface area contributed by atoms with E-state index in [1.807, 2.05) is 22.6 Å². The molecule has 7 nitrogen and oxygen atoms in total. The van der Waals surface area contributed by atoms with Gasteiger partial charge in [-0.3, -0.25) is 4.99 Å². The second kappa shape index (κ2) is 13.4. The molecule has 0 saturated carbocycles. The van der Waals surface area contributed by atoms with E-state index in [4.69, 9.17) is 9.73 Å². The van der Waals surface area contributed by atoms with Gasteiger partial charge in [0.05, 0.1) is 7.11 Å². The number of halogens is 2. The van der Waals surface area contributed by atoms with E-state index in [-0.39, 0.29) is 35.5 Å². The fraction of sp³-hybridized carbons (Fsp3) is 0.409. The molecule has 10 heteroatoms. The summed E-state index contributed by atoms with van der Waals surface area (Å²) in [5.74, 6) is 1.62. The van der Waals surface area contributed by atoms with Gasteiger partial charge in [-0.05, 0) is 29.1 Å². The van der Waals surface area contributed by atoms with Crippen molar-refractivity contribution in [1.82, 2.24) is 25.0 Å². The summed E-state index contributed by atoms with van der Waals surface area (Å²) in [5, 5.41) is 13.6. The predicted molar refractivity (Wildman–Crippen MR) is 138 cm³/mol. The van der Waals surface area contributed by atoms with Crippen LogP contribution in [-0.2, 0) is 25.9 Å². The van der Waals surface area contributed by atoms with Crippen LogP contribution in [0.4, 0.5) is 4.39 Å². The van der Waals surface area contributed by atoms with E-state index in [0.717, 1.165) is 36.7 Å². The summed E-state index contributed by atoms with van der Waals surface area (Å²) in [6.45, 7) is 4.69. The zero-order valence-electron chi connectivity index (χ0n) is 18.6. The quantitative estimate of drug-likeness (QED) is 0.226. The second-order valence-corrected chi connectivity index (χ2v) is 8.11. The van der Waals surface area contributed by atoms with Crippen molar-refractivity contribution in [2.45, 2.75) is 32.9 Å². The van der Waals surface area contributed by atoms with Crippen LogP contribution in [0.1, 0.15) is 23.2 Å². The number of nitrogens with one attached hydrogen (secondary N) is 1. The van der Waals surface area contributed by atoms with Crippen LogP contribution in [0.15, 0.2) is 47.0 Å². The number of aliphatic imine (C=N–C) groups is 1. The molecule has 1 aromatic carbocycles. The van der Waals surface area contributed by atoms with E-state index in [1.165, 1.54) is 18.1 Å². The molecule has 0 fully saturated rings. The minimum absolute atomic E-state index is 0. The Morgan fingerprint density at radius 1 is 1.34 bits per heavy atom. The van der Waals surface area contributed by atoms with Gasteiger partial charge >= 0.3 is 0 Å². The number of hydrogen-bond acceptors (Lipinski definition) is 5. The van der Waals surface area contributed by atoms with E-state index in [1.54, 1.807) is 23.7 Å². The standard InChI is InChI=1S/C22H29FN6OS.HI/c1-4-21-27-26-16-29(21)12-11-25-22(24-10-9-18-6-5-13-31-18)28(2)15-17-7-8-20(30-3)19(23)14-17;/h5-8,13-14,16H,4,9-12,15H2,1-3H3,(H,24,25);1H. The Morgan fingerprint density at radius 2 is 2.19 bits per heavy atom. The lowest BCUT2D eigenvalue weighted by atomic mass is 10.2. The molecule has 0 amide bonds. The first kappa shape index (κ1) is 26.0. The highest BCUT2D eigenvalue weighted by atomic mass is 127. The van der Waals surface area contributed by atoms with Crippen LogP contribution in [-0.4, -0.2) is 52.9 Å². The average Bonchev–Trinajstić information content (AvgIpc) is 3.44. The Labute approximate surface area is 209 Å². The number of aromatic nitrogens is 3. The molecule has 2 aromatic heterocycles. The Kier molecular flexibility index (Phi) is 10.9. The topological polar surface area (TPSA) is 67.6 Å². The van der Waals surface area contributed by atoms with Crippen molar-refractivity contribution >= 4 is 41.3 Å². The third kappa shape index (κ3) is 7.44. The van der Waals surface area contributed by atoms with Crippen molar-refractivity contribution in [2.75, 3.05) is 27.2 Å². The maximum absolute atomic E-state index is 14.1. The fourth-order valence-corrected chi connectivity index (χ4v) is 3.92. The van der Waals surface area contributed by atoms with E-state index < -0.39 is 0 Å². The van der Waals surface area contributed by atoms with E-state index in [0.29, 0.717) is 19.6 Å². The van der Waals surface area contributed by atoms with Crippen LogP contribution >= 0.6 is 35.3 Å². The van der Waals surface area contributed by atoms with Crippen molar-refractivity contribution in [3.63, 3.8) is 0 Å². The van der Waals surface area contributed by atoms with Crippen molar-refractivity contribution in [2.24, 2.45) is 4.99 Å². The van der Waals surface area contributed by atoms with Gasteiger partial charge < -0.3 is 19.5 Å². The first-order valence-corrected chi connectivity index (χ1v) is 11.2. The minimum atomic E-state index is -0.364. The summed E-state index contributed by atoms with van der Waals surface area (Å²) < 4.78 is 21.1. The van der Waals surface area contributed by atoms with Crippen molar-refractivity contribution in [3.8, 4) is 5.75 Å². The van der Waals surface area contributed by atoms with Gasteiger partial charge in [-0.25, -0.2) is 4.39 Å². The molecule has 3 aromatic rings. The van der Waals surface area contributed by atoms with E-state index >= 15 is 0 Å². The highest BCUT2D eigenvalue weighted by molar-refractivity contribution is 14.0. The summed E-state index contributed by atoms with van der Waals surface area (Å²) in [7, 11) is 3.42. The maximum atomic E-state index is 14.1. The summed E-state index contributed by atoms with van der Waals surface area (Å²) in [4.78, 5) is 8.10. The van der Waals surface area contributed by atoms with Gasteiger partial charge in [0.2, 0.25) is 0 Å². The third-order valence-electron chi connectivity index (χ3n) is 4.85. The second-order valence-electron chi connectivity index (χ2n) is 7.08. The first-order chi connectivity index (χ1) is 15.1. The molecule has 0 aliphatic carbocycles. The molecular weight excluding hydrogens is 542 g/mol. The smallest absolute Gasteiger partial charge is 0.194 e. The van der Waals surface area contributed by atoms with Gasteiger partial charge in [-0.15, -0.1) is 45.5 Å². The fourth-order valence-electron chi connectivity index (χ4n) is 3.22. The van der Waals surface area contributed by atoms with E-state index in [2.05, 4.69) is 40.0 Å². The number of nitrogens with zero attached hydrogens (tertiary/aromatic N) is 5. The van der Waals surface area contributed by atoms with Crippen LogP contribution < -0.4 is 10.1 Å². The van der Waals surface area contributed by atoms with Crippen LogP contribution in [0.3, 0.4) is 0 Å². The molecule has 0 saturated heterocycles. The monoisotopic (exact) mass is 572 g/mol. The molecule has 174 valence electrons. The van der Waals surface area contributed by atoms with Crippen LogP contribution in [0, 0.1) is 5.82 Å². The highest BCUT2D eigenvalue weighted by Crippen LogP contribution is 2.18. The van der Waals surface area contributed by atoms with Crippen molar-refractivity contribution in [3.05, 3.63) is 64.1 Å². The Balaban J connectivity index is 0.00000363. The number of benzene rings is 1. The number of ether oxygens (including phenoxy) is 1. The number of hydrogen-bond donors (Lipinski definition) is 1. The van der Waals surface area contributed by atoms with Crippen molar-refractivity contribution < 1.29 is 9.13 Å². The lowest BCUT2D eigenvalue weighted by Crippen LogP contribution is -2.40. The molecule has 0 aliphatic heterocycles. The van der Waals surface area contributed by atoms with Crippen molar-refractivity contribution in [1.29, 1.82) is 0 Å². The Hall–Kier alpha value is -2.21. The number of guanidine groups is 1. The Morgan fingerprint density at radius 3 is 2.88 bits per heavy atom. The summed E-state index contributed by atoms with van der Waals surface area (Å²) in [6.07, 6.45) is 3.47. The zero-order chi connectivity index (χ0) is 22.1. The first-order valence-electron chi connectivity index (χ1n) is 10.3. The molecule has 0 radical (unpaired) electrons. The average molecular weight is 572 g/mol. The molecule has 32 heavy (non-hydrogen) atoms. The molecule has 0 unspecified atom stereocenters. The molecule has 0 spiro atoms. The number of thiophene rings is 1. The maximum Gasteiger partial charge on any atom is 0.194 e. The molecule has 1 N–H and O–H groups in total. The normalized spacial score (nSPS) is 11.2. The molecule has 0 bridgehead atoms. The van der Waals surface area contributed by atoms with Gasteiger partial charge in [0.1, 0.15) is 12.2 Å². The van der Waals surface area contributed by atoms with E-state index in [9.17, 15) is 4.39 Å². The van der Waals surface area contributed by atoms with Gasteiger partial charge in [0.25, 0.3) is 0 Å². The summed E-state index contributed by atoms with van der Waals surface area (Å²) in [6, 6.07) is 9.20. The predicted octanol–water partition coefficient (Wildman–Crippen LogP) is 3.99. The lowest BCUT2D eigenvalue weighted by Gasteiger charge is -2.23. The number of rotatable bonds is 10.